The van der Waals surface area contributed by atoms with Crippen LogP contribution in [0.1, 0.15) is 60.0 Å². The Bertz CT molecular complexity index is 2130. The van der Waals surface area contributed by atoms with Crippen molar-refractivity contribution in [3.8, 4) is 34.4 Å². The monoisotopic (exact) mass is 682 g/mol. The van der Waals surface area contributed by atoms with Crippen LogP contribution in [0, 0.1) is 13.8 Å². The molecule has 4 aromatic carbocycles. The number of carbonyl (C=O) groups is 2. The number of oxazole rings is 2. The minimum absolute atomic E-state index is 0.000983. The van der Waals surface area contributed by atoms with Gasteiger partial charge in [-0.2, -0.15) is 0 Å². The number of urea groups is 1. The lowest BCUT2D eigenvalue weighted by Crippen LogP contribution is -2.36. The van der Waals surface area contributed by atoms with Gasteiger partial charge in [0.25, 0.3) is 5.91 Å². The summed E-state index contributed by atoms with van der Waals surface area (Å²) in [5.74, 6) is 3.57. The third kappa shape index (κ3) is 7.12. The molecule has 0 unspecified atom stereocenters. The van der Waals surface area contributed by atoms with Gasteiger partial charge in [-0.05, 0) is 87.4 Å². The molecule has 10 heteroatoms. The van der Waals surface area contributed by atoms with Crippen LogP contribution in [-0.2, 0) is 18.0 Å². The SMILES string of the molecule is Cc1oc(-c2ccccc2)nc1COc1ccc([C@H](C)N2CC(=O)N([C@@H](C)c3ccc(OCc4nc(-c5ccccc5)oc4C)cc3)C2=O)cc1. The number of amides is 3. The number of aryl methyl sites for hydroxylation is 2. The summed E-state index contributed by atoms with van der Waals surface area (Å²) in [5, 5.41) is 0. The van der Waals surface area contributed by atoms with Gasteiger partial charge in [0.2, 0.25) is 11.8 Å². The molecule has 0 bridgehead atoms. The molecule has 0 N–H and O–H groups in total. The summed E-state index contributed by atoms with van der Waals surface area (Å²) < 4.78 is 23.7. The highest BCUT2D eigenvalue weighted by Crippen LogP contribution is 2.33. The largest absolute Gasteiger partial charge is 0.487 e. The molecule has 1 aliphatic rings. The number of hydrogen-bond acceptors (Lipinski definition) is 8. The zero-order valence-corrected chi connectivity index (χ0v) is 28.9. The van der Waals surface area contributed by atoms with Crippen LogP contribution in [0.3, 0.4) is 0 Å². The minimum Gasteiger partial charge on any atom is -0.487 e. The maximum absolute atomic E-state index is 13.6. The van der Waals surface area contributed by atoms with Crippen molar-refractivity contribution in [3.05, 3.63) is 143 Å². The van der Waals surface area contributed by atoms with Crippen molar-refractivity contribution in [3.63, 3.8) is 0 Å². The second-order valence-corrected chi connectivity index (χ2v) is 12.5. The molecule has 7 rings (SSSR count). The van der Waals surface area contributed by atoms with Crippen LogP contribution in [0.25, 0.3) is 22.9 Å². The topological polar surface area (TPSA) is 111 Å². The summed E-state index contributed by atoms with van der Waals surface area (Å²) in [6.45, 7) is 8.02. The van der Waals surface area contributed by atoms with E-state index in [1.165, 1.54) is 4.90 Å². The van der Waals surface area contributed by atoms with Gasteiger partial charge in [0.1, 0.15) is 54.2 Å². The Labute approximate surface area is 296 Å². The first-order valence-corrected chi connectivity index (χ1v) is 16.9. The predicted molar refractivity (Wildman–Crippen MR) is 191 cm³/mol. The van der Waals surface area contributed by atoms with Gasteiger partial charge in [-0.25, -0.2) is 14.8 Å². The molecule has 3 amide bonds. The van der Waals surface area contributed by atoms with Gasteiger partial charge >= 0.3 is 6.03 Å². The normalized spacial score (nSPS) is 14.2. The third-order valence-electron chi connectivity index (χ3n) is 9.18. The van der Waals surface area contributed by atoms with E-state index in [-0.39, 0.29) is 37.7 Å². The molecule has 258 valence electrons. The molecule has 0 spiro atoms. The quantitative estimate of drug-likeness (QED) is 0.118. The van der Waals surface area contributed by atoms with Gasteiger partial charge in [0.15, 0.2) is 0 Å². The Morgan fingerprint density at radius 2 is 1.06 bits per heavy atom. The zero-order chi connectivity index (χ0) is 35.5. The average Bonchev–Trinajstić information content (AvgIpc) is 3.83. The maximum Gasteiger partial charge on any atom is 0.328 e. The highest BCUT2D eigenvalue weighted by atomic mass is 16.5. The van der Waals surface area contributed by atoms with Gasteiger partial charge < -0.3 is 23.2 Å². The molecule has 51 heavy (non-hydrogen) atoms. The summed E-state index contributed by atoms with van der Waals surface area (Å²) in [4.78, 5) is 38.9. The van der Waals surface area contributed by atoms with Crippen LogP contribution in [0.2, 0.25) is 0 Å². The van der Waals surface area contributed by atoms with E-state index >= 15 is 0 Å². The first-order chi connectivity index (χ1) is 24.7. The predicted octanol–water partition coefficient (Wildman–Crippen LogP) is 8.86. The molecule has 3 heterocycles. The Morgan fingerprint density at radius 1 is 0.627 bits per heavy atom. The maximum atomic E-state index is 13.6. The van der Waals surface area contributed by atoms with Crippen molar-refractivity contribution in [1.82, 2.24) is 19.8 Å². The molecular formula is C41H38N4O6. The number of nitrogens with zero attached hydrogens (tertiary/aromatic N) is 4. The number of benzene rings is 4. The van der Waals surface area contributed by atoms with Gasteiger partial charge in [-0.1, -0.05) is 60.7 Å². The second-order valence-electron chi connectivity index (χ2n) is 12.5. The molecule has 0 saturated carbocycles. The smallest absolute Gasteiger partial charge is 0.328 e. The van der Waals surface area contributed by atoms with Gasteiger partial charge in [0.05, 0.1) is 12.1 Å². The minimum atomic E-state index is -0.458. The first kappa shape index (κ1) is 33.3. The molecule has 2 atom stereocenters. The van der Waals surface area contributed by atoms with E-state index in [1.807, 2.05) is 137 Å². The lowest BCUT2D eigenvalue weighted by atomic mass is 10.1. The van der Waals surface area contributed by atoms with E-state index in [4.69, 9.17) is 18.3 Å². The summed E-state index contributed by atoms with van der Waals surface area (Å²) in [5.41, 5.74) is 4.96. The van der Waals surface area contributed by atoms with Crippen LogP contribution in [0.4, 0.5) is 4.79 Å². The number of aromatic nitrogens is 2. The number of imide groups is 1. The van der Waals surface area contributed by atoms with E-state index in [1.54, 1.807) is 4.90 Å². The molecule has 1 aliphatic heterocycles. The van der Waals surface area contributed by atoms with E-state index in [0.717, 1.165) is 33.6 Å². The fourth-order valence-corrected chi connectivity index (χ4v) is 6.07. The fraction of sp³-hybridized carbons (Fsp3) is 0.220. The van der Waals surface area contributed by atoms with Crippen molar-refractivity contribution in [2.24, 2.45) is 0 Å². The Morgan fingerprint density at radius 3 is 1.51 bits per heavy atom. The van der Waals surface area contributed by atoms with Crippen molar-refractivity contribution >= 4 is 11.9 Å². The van der Waals surface area contributed by atoms with Gasteiger partial charge in [-0.15, -0.1) is 0 Å². The molecule has 2 aromatic heterocycles. The van der Waals surface area contributed by atoms with Crippen LogP contribution < -0.4 is 9.47 Å². The van der Waals surface area contributed by atoms with E-state index < -0.39 is 6.04 Å². The molecule has 1 saturated heterocycles. The molecule has 6 aromatic rings. The summed E-state index contributed by atoms with van der Waals surface area (Å²) in [7, 11) is 0. The number of hydrogen-bond donors (Lipinski definition) is 0. The van der Waals surface area contributed by atoms with Gasteiger partial charge in [0, 0.05) is 11.1 Å². The van der Waals surface area contributed by atoms with Crippen molar-refractivity contribution < 1.29 is 27.9 Å². The van der Waals surface area contributed by atoms with E-state index in [0.29, 0.717) is 34.8 Å². The summed E-state index contributed by atoms with van der Waals surface area (Å²) in [6.07, 6.45) is 0. The van der Waals surface area contributed by atoms with E-state index in [2.05, 4.69) is 9.97 Å². The van der Waals surface area contributed by atoms with Crippen molar-refractivity contribution in [2.75, 3.05) is 6.54 Å². The van der Waals surface area contributed by atoms with Crippen LogP contribution >= 0.6 is 0 Å². The lowest BCUT2D eigenvalue weighted by Gasteiger charge is -2.27. The Balaban J connectivity index is 0.940. The molecule has 0 aliphatic carbocycles. The van der Waals surface area contributed by atoms with Crippen LogP contribution in [0.15, 0.2) is 118 Å². The van der Waals surface area contributed by atoms with Crippen molar-refractivity contribution in [1.29, 1.82) is 0 Å². The first-order valence-electron chi connectivity index (χ1n) is 16.9. The van der Waals surface area contributed by atoms with E-state index in [9.17, 15) is 9.59 Å². The molecule has 1 fully saturated rings. The highest BCUT2D eigenvalue weighted by molar-refractivity contribution is 6.02. The Hall–Kier alpha value is -6.16. The number of rotatable bonds is 12. The van der Waals surface area contributed by atoms with Gasteiger partial charge in [-0.3, -0.25) is 9.69 Å². The Kier molecular flexibility index (Phi) is 9.39. The van der Waals surface area contributed by atoms with Crippen molar-refractivity contribution in [2.45, 2.75) is 53.0 Å². The highest BCUT2D eigenvalue weighted by Gasteiger charge is 2.41. The molecular weight excluding hydrogens is 644 g/mol. The van der Waals surface area contributed by atoms with Crippen LogP contribution in [0.5, 0.6) is 11.5 Å². The standard InChI is InChI=1S/C41H38N4O6/c1-26(30-15-19-34(20-16-30)48-24-36-28(3)50-39(42-36)32-11-7-5-8-12-32)44-23-38(46)45(41(44)47)27(2)31-17-21-35(22-18-31)49-25-37-29(4)51-40(43-37)33-13-9-6-10-14-33/h5-22,26-27H,23-25H2,1-4H3/t26-,27-/m0/s1. The summed E-state index contributed by atoms with van der Waals surface area (Å²) >= 11 is 0. The second kappa shape index (κ2) is 14.4. The fourth-order valence-electron chi connectivity index (χ4n) is 6.07. The molecule has 0 radical (unpaired) electrons. The van der Waals surface area contributed by atoms with Crippen LogP contribution in [-0.4, -0.2) is 38.3 Å². The molecule has 10 nitrogen and oxygen atoms in total. The third-order valence-corrected chi connectivity index (χ3v) is 9.18. The summed E-state index contributed by atoms with van der Waals surface area (Å²) in [6, 6.07) is 33.3. The number of carbonyl (C=O) groups excluding carboxylic acids is 2. The lowest BCUT2D eigenvalue weighted by molar-refractivity contribution is -0.126. The number of ether oxygens (including phenoxy) is 2. The average molecular weight is 683 g/mol. The zero-order valence-electron chi connectivity index (χ0n) is 28.9.